The van der Waals surface area contributed by atoms with E-state index in [1.54, 1.807) is 6.07 Å². The van der Waals surface area contributed by atoms with Gasteiger partial charge < -0.3 is 10.8 Å². The van der Waals surface area contributed by atoms with Crippen LogP contribution in [0.1, 0.15) is 15.9 Å². The van der Waals surface area contributed by atoms with Gasteiger partial charge >= 0.3 is 5.97 Å². The van der Waals surface area contributed by atoms with Gasteiger partial charge in [0.1, 0.15) is 0 Å². The van der Waals surface area contributed by atoms with Crippen LogP contribution in [0.4, 0.5) is 5.13 Å². The van der Waals surface area contributed by atoms with Crippen molar-refractivity contribution in [3.63, 3.8) is 0 Å². The van der Waals surface area contributed by atoms with Crippen molar-refractivity contribution >= 4 is 48.6 Å². The van der Waals surface area contributed by atoms with E-state index in [-0.39, 0.29) is 5.56 Å². The molecule has 3 N–H and O–H groups in total. The molecule has 78 valence electrons. The maximum atomic E-state index is 11.1. The van der Waals surface area contributed by atoms with E-state index in [0.717, 1.165) is 5.56 Å². The summed E-state index contributed by atoms with van der Waals surface area (Å²) in [5, 5.41) is 9.45. The normalized spacial score (nSPS) is 10.8. The minimum Gasteiger partial charge on any atom is -0.478 e. The van der Waals surface area contributed by atoms with Crippen LogP contribution in [0.2, 0.25) is 0 Å². The summed E-state index contributed by atoms with van der Waals surface area (Å²) >= 11 is 4.43. The Morgan fingerprint density at radius 3 is 2.93 bits per heavy atom. The van der Waals surface area contributed by atoms with E-state index in [0.29, 0.717) is 19.8 Å². The predicted octanol–water partition coefficient (Wildman–Crippen LogP) is 2.65. The molecule has 0 amide bonds. The summed E-state index contributed by atoms with van der Waals surface area (Å²) in [6.45, 7) is 1.87. The molecule has 1 heterocycles. The molecular formula is C9H7BrN2O2S. The first kappa shape index (κ1) is 10.4. The summed E-state index contributed by atoms with van der Waals surface area (Å²) in [5.74, 6) is -0.976. The largest absolute Gasteiger partial charge is 0.478 e. The average Bonchev–Trinajstić information content (AvgIpc) is 2.45. The number of anilines is 1. The van der Waals surface area contributed by atoms with Gasteiger partial charge in [0, 0.05) is 4.47 Å². The number of thiazole rings is 1. The molecule has 0 aliphatic carbocycles. The summed E-state index contributed by atoms with van der Waals surface area (Å²) in [7, 11) is 0. The Kier molecular flexibility index (Phi) is 2.40. The summed E-state index contributed by atoms with van der Waals surface area (Å²) in [6.07, 6.45) is 0. The molecule has 0 radical (unpaired) electrons. The monoisotopic (exact) mass is 286 g/mol. The van der Waals surface area contributed by atoms with Gasteiger partial charge in [-0.05, 0) is 34.5 Å². The van der Waals surface area contributed by atoms with Crippen LogP contribution >= 0.6 is 27.3 Å². The molecule has 0 aliphatic heterocycles. The van der Waals surface area contributed by atoms with E-state index < -0.39 is 5.97 Å². The molecule has 1 aromatic carbocycles. The molecule has 0 atom stereocenters. The second-order valence-corrected chi connectivity index (χ2v) is 4.97. The molecule has 4 nitrogen and oxygen atoms in total. The van der Waals surface area contributed by atoms with E-state index in [1.165, 1.54) is 11.3 Å². The predicted molar refractivity (Wildman–Crippen MR) is 63.4 cm³/mol. The standard InChI is InChI=1S/C9H7BrN2O2S/c1-3-2-4(10)5(8(13)14)7-6(3)12-9(11)15-7/h2H,1H3,(H2,11,12)(H,13,14). The first-order chi connectivity index (χ1) is 7.00. The van der Waals surface area contributed by atoms with Gasteiger partial charge in [0.05, 0.1) is 15.8 Å². The molecule has 15 heavy (non-hydrogen) atoms. The van der Waals surface area contributed by atoms with Crippen molar-refractivity contribution in [1.29, 1.82) is 0 Å². The lowest BCUT2D eigenvalue weighted by atomic mass is 10.1. The quantitative estimate of drug-likeness (QED) is 0.845. The number of hydrogen-bond acceptors (Lipinski definition) is 4. The Morgan fingerprint density at radius 1 is 1.67 bits per heavy atom. The van der Waals surface area contributed by atoms with Crippen LogP contribution in [0.15, 0.2) is 10.5 Å². The summed E-state index contributed by atoms with van der Waals surface area (Å²) in [6, 6.07) is 1.74. The molecule has 0 bridgehead atoms. The van der Waals surface area contributed by atoms with Crippen LogP contribution in [0, 0.1) is 6.92 Å². The lowest BCUT2D eigenvalue weighted by molar-refractivity contribution is 0.0698. The number of benzene rings is 1. The molecule has 0 saturated carbocycles. The van der Waals surface area contributed by atoms with Gasteiger partial charge in [-0.15, -0.1) is 0 Å². The number of aryl methyl sites for hydroxylation is 1. The molecule has 6 heteroatoms. The fraction of sp³-hybridized carbons (Fsp3) is 0.111. The molecule has 2 rings (SSSR count). The highest BCUT2D eigenvalue weighted by Gasteiger charge is 2.18. The second-order valence-electron chi connectivity index (χ2n) is 3.09. The van der Waals surface area contributed by atoms with Gasteiger partial charge in [0.25, 0.3) is 0 Å². The van der Waals surface area contributed by atoms with Gasteiger partial charge in [-0.1, -0.05) is 11.3 Å². The Labute approximate surface area is 97.9 Å². The summed E-state index contributed by atoms with van der Waals surface area (Å²) in [5.41, 5.74) is 7.38. The number of carboxylic acids is 1. The zero-order valence-corrected chi connectivity index (χ0v) is 10.1. The van der Waals surface area contributed by atoms with Crippen molar-refractivity contribution in [2.24, 2.45) is 0 Å². The van der Waals surface area contributed by atoms with Crippen molar-refractivity contribution in [2.75, 3.05) is 5.73 Å². The molecule has 0 spiro atoms. The molecule has 0 fully saturated rings. The smallest absolute Gasteiger partial charge is 0.338 e. The minimum atomic E-state index is -0.976. The van der Waals surface area contributed by atoms with Crippen LogP contribution in [0.3, 0.4) is 0 Å². The Hall–Kier alpha value is -1.14. The van der Waals surface area contributed by atoms with E-state index in [9.17, 15) is 4.79 Å². The summed E-state index contributed by atoms with van der Waals surface area (Å²) in [4.78, 5) is 15.2. The molecule has 0 unspecified atom stereocenters. The van der Waals surface area contributed by atoms with Gasteiger partial charge in [-0.2, -0.15) is 0 Å². The van der Waals surface area contributed by atoms with Crippen molar-refractivity contribution in [3.05, 3.63) is 21.7 Å². The number of carboxylic acid groups (broad SMARTS) is 1. The first-order valence-electron chi connectivity index (χ1n) is 4.09. The van der Waals surface area contributed by atoms with Crippen molar-refractivity contribution < 1.29 is 9.90 Å². The van der Waals surface area contributed by atoms with E-state index in [1.807, 2.05) is 6.92 Å². The Bertz CT molecular complexity index is 565. The number of rotatable bonds is 1. The lowest BCUT2D eigenvalue weighted by Gasteiger charge is -2.02. The maximum Gasteiger partial charge on any atom is 0.338 e. The van der Waals surface area contributed by atoms with E-state index in [4.69, 9.17) is 10.8 Å². The highest BCUT2D eigenvalue weighted by Crippen LogP contribution is 2.34. The molecule has 0 saturated heterocycles. The summed E-state index contributed by atoms with van der Waals surface area (Å²) < 4.78 is 1.18. The fourth-order valence-corrected chi connectivity index (χ4v) is 3.20. The van der Waals surface area contributed by atoms with Crippen molar-refractivity contribution in [1.82, 2.24) is 4.98 Å². The highest BCUT2D eigenvalue weighted by molar-refractivity contribution is 9.10. The van der Waals surface area contributed by atoms with Gasteiger partial charge in [0.15, 0.2) is 5.13 Å². The van der Waals surface area contributed by atoms with Crippen LogP contribution in [-0.2, 0) is 0 Å². The number of halogens is 1. The van der Waals surface area contributed by atoms with Crippen LogP contribution in [0.25, 0.3) is 10.2 Å². The number of fused-ring (bicyclic) bond motifs is 1. The van der Waals surface area contributed by atoms with Gasteiger partial charge in [-0.25, -0.2) is 9.78 Å². The highest BCUT2D eigenvalue weighted by atomic mass is 79.9. The van der Waals surface area contributed by atoms with Gasteiger partial charge in [0.2, 0.25) is 0 Å². The Morgan fingerprint density at radius 2 is 2.33 bits per heavy atom. The molecule has 0 aliphatic rings. The zero-order valence-electron chi connectivity index (χ0n) is 7.74. The SMILES string of the molecule is Cc1cc(Br)c(C(=O)O)c2sc(N)nc12. The average molecular weight is 287 g/mol. The number of aromatic nitrogens is 1. The van der Waals surface area contributed by atoms with Gasteiger partial charge in [-0.3, -0.25) is 0 Å². The van der Waals surface area contributed by atoms with Crippen molar-refractivity contribution in [3.8, 4) is 0 Å². The fourth-order valence-electron chi connectivity index (χ4n) is 1.41. The zero-order chi connectivity index (χ0) is 11.2. The number of nitrogens with two attached hydrogens (primary N) is 1. The third kappa shape index (κ3) is 1.59. The molecule has 1 aromatic heterocycles. The third-order valence-electron chi connectivity index (χ3n) is 2.04. The van der Waals surface area contributed by atoms with Crippen molar-refractivity contribution in [2.45, 2.75) is 6.92 Å². The molecule has 2 aromatic rings. The maximum absolute atomic E-state index is 11.1. The van der Waals surface area contributed by atoms with E-state index in [2.05, 4.69) is 20.9 Å². The lowest BCUT2D eigenvalue weighted by Crippen LogP contribution is -1.98. The third-order valence-corrected chi connectivity index (χ3v) is 3.57. The Balaban J connectivity index is 2.95. The van der Waals surface area contributed by atoms with Crippen LogP contribution < -0.4 is 5.73 Å². The van der Waals surface area contributed by atoms with Crippen LogP contribution in [0.5, 0.6) is 0 Å². The number of hydrogen-bond donors (Lipinski definition) is 2. The number of nitrogens with zero attached hydrogens (tertiary/aromatic N) is 1. The van der Waals surface area contributed by atoms with E-state index >= 15 is 0 Å². The number of nitrogen functional groups attached to an aromatic ring is 1. The number of carbonyl (C=O) groups is 1. The first-order valence-corrected chi connectivity index (χ1v) is 5.70. The topological polar surface area (TPSA) is 76.2 Å². The molecular weight excluding hydrogens is 280 g/mol. The number of aromatic carboxylic acids is 1. The second kappa shape index (κ2) is 3.46. The van der Waals surface area contributed by atoms with Crippen LogP contribution in [-0.4, -0.2) is 16.1 Å². The minimum absolute atomic E-state index is 0.227.